The second-order valence-corrected chi connectivity index (χ2v) is 3.85. The van der Waals surface area contributed by atoms with Crippen LogP contribution in [0.5, 0.6) is 0 Å². The van der Waals surface area contributed by atoms with Gasteiger partial charge in [-0.1, -0.05) is 30.3 Å². The zero-order chi connectivity index (χ0) is 10.8. The lowest BCUT2D eigenvalue weighted by Gasteiger charge is -2.15. The monoisotopic (exact) mass is 221 g/mol. The minimum absolute atomic E-state index is 0.258. The molecule has 0 spiro atoms. The number of hydrogen-bond donors (Lipinski definition) is 0. The van der Waals surface area contributed by atoms with E-state index in [0.717, 1.165) is 5.56 Å². The van der Waals surface area contributed by atoms with Gasteiger partial charge in [0.2, 0.25) is 0 Å². The molecule has 0 bridgehead atoms. The maximum absolute atomic E-state index is 11.4. The Morgan fingerprint density at radius 2 is 2.07 bits per heavy atom. The highest BCUT2D eigenvalue weighted by Crippen LogP contribution is 2.16. The third-order valence-electron chi connectivity index (χ3n) is 2.49. The van der Waals surface area contributed by atoms with E-state index in [0.29, 0.717) is 6.42 Å². The highest BCUT2D eigenvalue weighted by atomic mass is 32.1. The summed E-state index contributed by atoms with van der Waals surface area (Å²) in [6, 6.07) is 9.55. The van der Waals surface area contributed by atoms with Crippen molar-refractivity contribution < 1.29 is 9.53 Å². The molecule has 4 heteroatoms. The number of thiocarbonyl (C=S) groups is 1. The van der Waals surface area contributed by atoms with Crippen LogP contribution in [0.4, 0.5) is 0 Å². The first-order valence-corrected chi connectivity index (χ1v) is 5.11. The predicted molar refractivity (Wildman–Crippen MR) is 60.4 cm³/mol. The van der Waals surface area contributed by atoms with E-state index in [9.17, 15) is 4.79 Å². The fourth-order valence-corrected chi connectivity index (χ4v) is 1.78. The molecule has 1 aromatic rings. The van der Waals surface area contributed by atoms with Crippen molar-refractivity contribution in [1.82, 2.24) is 4.90 Å². The second kappa shape index (κ2) is 3.98. The lowest BCUT2D eigenvalue weighted by Crippen LogP contribution is -2.33. The molecule has 0 amide bonds. The van der Waals surface area contributed by atoms with E-state index in [1.165, 1.54) is 0 Å². The number of esters is 1. The Balaban J connectivity index is 2.13. The van der Waals surface area contributed by atoms with Gasteiger partial charge in [-0.05, 0) is 17.8 Å². The van der Waals surface area contributed by atoms with Gasteiger partial charge in [0, 0.05) is 13.5 Å². The van der Waals surface area contributed by atoms with Crippen LogP contribution in [0.2, 0.25) is 0 Å². The SMILES string of the molecule is CN1C(=S)OC(=O)[C@H]1Cc1ccccc1. The number of benzene rings is 1. The van der Waals surface area contributed by atoms with Gasteiger partial charge in [-0.3, -0.25) is 0 Å². The highest BCUT2D eigenvalue weighted by molar-refractivity contribution is 7.80. The molecular weight excluding hydrogens is 210 g/mol. The highest BCUT2D eigenvalue weighted by Gasteiger charge is 2.35. The molecule has 2 rings (SSSR count). The third-order valence-corrected chi connectivity index (χ3v) is 2.86. The summed E-state index contributed by atoms with van der Waals surface area (Å²) in [6.45, 7) is 0. The number of carbonyl (C=O) groups excluding carboxylic acids is 1. The molecule has 1 atom stereocenters. The largest absolute Gasteiger partial charge is 0.397 e. The fourth-order valence-electron chi connectivity index (χ4n) is 1.57. The third kappa shape index (κ3) is 1.99. The van der Waals surface area contributed by atoms with Gasteiger partial charge in [0.05, 0.1) is 0 Å². The molecule has 1 aliphatic rings. The summed E-state index contributed by atoms with van der Waals surface area (Å²) in [5, 5.41) is 0.265. The van der Waals surface area contributed by atoms with Crippen molar-refractivity contribution >= 4 is 23.4 Å². The van der Waals surface area contributed by atoms with E-state index in [2.05, 4.69) is 0 Å². The topological polar surface area (TPSA) is 29.5 Å². The molecule has 78 valence electrons. The van der Waals surface area contributed by atoms with Crippen LogP contribution in [-0.4, -0.2) is 29.1 Å². The average Bonchev–Trinajstić information content (AvgIpc) is 2.47. The summed E-state index contributed by atoms with van der Waals surface area (Å²) in [5.74, 6) is -0.258. The number of likely N-dealkylation sites (N-methyl/N-ethyl adjacent to an activating group) is 1. The summed E-state index contributed by atoms with van der Waals surface area (Å²) in [4.78, 5) is 13.1. The molecule has 0 aliphatic carbocycles. The Hall–Kier alpha value is -1.42. The first-order valence-electron chi connectivity index (χ1n) is 4.71. The van der Waals surface area contributed by atoms with Crippen LogP contribution in [-0.2, 0) is 16.0 Å². The van der Waals surface area contributed by atoms with Gasteiger partial charge in [0.1, 0.15) is 6.04 Å². The lowest BCUT2D eigenvalue weighted by atomic mass is 10.1. The molecule has 3 nitrogen and oxygen atoms in total. The Morgan fingerprint density at radius 1 is 1.40 bits per heavy atom. The van der Waals surface area contributed by atoms with Gasteiger partial charge in [-0.2, -0.15) is 0 Å². The summed E-state index contributed by atoms with van der Waals surface area (Å²) in [7, 11) is 1.78. The Kier molecular flexibility index (Phi) is 2.68. The molecule has 1 aliphatic heterocycles. The zero-order valence-electron chi connectivity index (χ0n) is 8.34. The first kappa shape index (κ1) is 10.1. The van der Waals surface area contributed by atoms with Crippen LogP contribution in [0.15, 0.2) is 30.3 Å². The average molecular weight is 221 g/mol. The quantitative estimate of drug-likeness (QED) is 0.557. The van der Waals surface area contributed by atoms with Crippen molar-refractivity contribution in [3.05, 3.63) is 35.9 Å². The van der Waals surface area contributed by atoms with Crippen molar-refractivity contribution in [3.8, 4) is 0 Å². The van der Waals surface area contributed by atoms with Crippen LogP contribution in [0.25, 0.3) is 0 Å². The summed E-state index contributed by atoms with van der Waals surface area (Å²) in [5.41, 5.74) is 1.11. The summed E-state index contributed by atoms with van der Waals surface area (Å²) >= 11 is 4.89. The smallest absolute Gasteiger partial charge is 0.336 e. The molecule has 15 heavy (non-hydrogen) atoms. The maximum atomic E-state index is 11.4. The van der Waals surface area contributed by atoms with Crippen molar-refractivity contribution in [1.29, 1.82) is 0 Å². The zero-order valence-corrected chi connectivity index (χ0v) is 9.16. The van der Waals surface area contributed by atoms with Crippen LogP contribution in [0, 0.1) is 0 Å². The fraction of sp³-hybridized carbons (Fsp3) is 0.273. The van der Waals surface area contributed by atoms with Crippen LogP contribution < -0.4 is 0 Å². The standard InChI is InChI=1S/C11H11NO2S/c1-12-9(10(13)14-11(12)15)7-8-5-3-2-4-6-8/h2-6,9H,7H2,1H3/t9-/m1/s1. The van der Waals surface area contributed by atoms with Gasteiger partial charge in [0.25, 0.3) is 5.17 Å². The molecule has 1 aromatic carbocycles. The second-order valence-electron chi connectivity index (χ2n) is 3.50. The van der Waals surface area contributed by atoms with Gasteiger partial charge in [-0.15, -0.1) is 0 Å². The van der Waals surface area contributed by atoms with E-state index < -0.39 is 0 Å². The van der Waals surface area contributed by atoms with E-state index in [-0.39, 0.29) is 17.2 Å². The Bertz CT molecular complexity index is 391. The van der Waals surface area contributed by atoms with E-state index in [1.54, 1.807) is 11.9 Å². The normalized spacial score (nSPS) is 20.6. The van der Waals surface area contributed by atoms with E-state index in [1.807, 2.05) is 30.3 Å². The first-order chi connectivity index (χ1) is 7.18. The number of ether oxygens (including phenoxy) is 1. The summed E-state index contributed by atoms with van der Waals surface area (Å²) < 4.78 is 4.88. The molecule has 1 fully saturated rings. The molecule has 0 N–H and O–H groups in total. The van der Waals surface area contributed by atoms with Crippen molar-refractivity contribution in [2.75, 3.05) is 7.05 Å². The van der Waals surface area contributed by atoms with Crippen LogP contribution >= 0.6 is 12.2 Å². The number of cyclic esters (lactones) is 1. The Labute approximate surface area is 93.6 Å². The van der Waals surface area contributed by atoms with Crippen molar-refractivity contribution in [3.63, 3.8) is 0 Å². The number of rotatable bonds is 2. The molecule has 0 saturated carbocycles. The van der Waals surface area contributed by atoms with Gasteiger partial charge < -0.3 is 9.64 Å². The van der Waals surface area contributed by atoms with E-state index in [4.69, 9.17) is 17.0 Å². The molecular formula is C11H11NO2S. The molecule has 0 radical (unpaired) electrons. The number of carbonyl (C=O) groups is 1. The van der Waals surface area contributed by atoms with Gasteiger partial charge >= 0.3 is 5.97 Å². The minimum atomic E-state index is -0.278. The van der Waals surface area contributed by atoms with Gasteiger partial charge in [-0.25, -0.2) is 4.79 Å². The molecule has 1 saturated heterocycles. The van der Waals surface area contributed by atoms with Crippen LogP contribution in [0.3, 0.4) is 0 Å². The number of nitrogens with zero attached hydrogens (tertiary/aromatic N) is 1. The van der Waals surface area contributed by atoms with Gasteiger partial charge in [0.15, 0.2) is 0 Å². The lowest BCUT2D eigenvalue weighted by molar-refractivity contribution is -0.135. The van der Waals surface area contributed by atoms with E-state index >= 15 is 0 Å². The van der Waals surface area contributed by atoms with Crippen molar-refractivity contribution in [2.24, 2.45) is 0 Å². The van der Waals surface area contributed by atoms with Crippen molar-refractivity contribution in [2.45, 2.75) is 12.5 Å². The summed E-state index contributed by atoms with van der Waals surface area (Å²) in [6.07, 6.45) is 0.635. The maximum Gasteiger partial charge on any atom is 0.336 e. The Morgan fingerprint density at radius 3 is 2.60 bits per heavy atom. The predicted octanol–water partition coefficient (Wildman–Crippen LogP) is 1.37. The minimum Gasteiger partial charge on any atom is -0.397 e. The molecule has 1 heterocycles. The molecule has 0 aromatic heterocycles. The molecule has 0 unspecified atom stereocenters. The number of hydrogen-bond acceptors (Lipinski definition) is 3. The van der Waals surface area contributed by atoms with Crippen LogP contribution in [0.1, 0.15) is 5.56 Å².